The molecule has 138 valence electrons. The van der Waals surface area contributed by atoms with Gasteiger partial charge in [-0.1, -0.05) is 0 Å². The van der Waals surface area contributed by atoms with Crippen LogP contribution in [0.2, 0.25) is 0 Å². The van der Waals surface area contributed by atoms with Crippen LogP contribution in [0.4, 0.5) is 0 Å². The molecule has 4 heterocycles. The van der Waals surface area contributed by atoms with Crippen LogP contribution in [0.15, 0.2) is 59.1 Å². The minimum atomic E-state index is -0.187. The first kappa shape index (κ1) is 17.3. The van der Waals surface area contributed by atoms with Crippen LogP contribution in [0.1, 0.15) is 24.2 Å². The molecule has 1 aliphatic rings. The third kappa shape index (κ3) is 3.19. The van der Waals surface area contributed by atoms with Crippen molar-refractivity contribution >= 4 is 22.1 Å². The summed E-state index contributed by atoms with van der Waals surface area (Å²) in [6.07, 6.45) is 9.12. The largest absolute Gasteiger partial charge is 0.383 e. The third-order valence-corrected chi connectivity index (χ3v) is 5.64. The number of allylic oxidation sites excluding steroid dienone is 2. The van der Waals surface area contributed by atoms with Crippen LogP contribution in [-0.2, 0) is 7.05 Å². The van der Waals surface area contributed by atoms with Crippen molar-refractivity contribution in [1.29, 1.82) is 0 Å². The van der Waals surface area contributed by atoms with Crippen molar-refractivity contribution in [3.05, 3.63) is 70.2 Å². The molecule has 3 aromatic heterocycles. The molecule has 2 N–H and O–H groups in total. The van der Waals surface area contributed by atoms with Gasteiger partial charge >= 0.3 is 0 Å². The van der Waals surface area contributed by atoms with Gasteiger partial charge < -0.3 is 15.2 Å². The number of aryl methyl sites for hydroxylation is 1. The van der Waals surface area contributed by atoms with Crippen LogP contribution in [0.25, 0.3) is 15.3 Å². The van der Waals surface area contributed by atoms with Gasteiger partial charge in [-0.3, -0.25) is 9.59 Å². The topological polar surface area (TPSA) is 80.4 Å². The van der Waals surface area contributed by atoms with E-state index in [9.17, 15) is 9.59 Å². The first-order valence-electron chi connectivity index (χ1n) is 8.52. The fraction of sp³-hybridized carbons (Fsp3) is 0.211. The Morgan fingerprint density at radius 3 is 2.93 bits per heavy atom. The van der Waals surface area contributed by atoms with E-state index in [1.165, 1.54) is 22.0 Å². The molecule has 27 heavy (non-hydrogen) atoms. The number of nitrogens with one attached hydrogen (secondary N) is 2. The number of amides is 1. The van der Waals surface area contributed by atoms with Crippen LogP contribution in [0.3, 0.4) is 0 Å². The quantitative estimate of drug-likeness (QED) is 0.729. The summed E-state index contributed by atoms with van der Waals surface area (Å²) in [6.45, 7) is 3.97. The van der Waals surface area contributed by atoms with Gasteiger partial charge in [-0.05, 0) is 37.8 Å². The molecule has 0 aromatic carbocycles. The number of carbonyl (C=O) groups excluding carboxylic acids is 1. The van der Waals surface area contributed by atoms with Gasteiger partial charge in [-0.25, -0.2) is 4.52 Å². The molecule has 0 fully saturated rings. The number of thiazole rings is 1. The highest BCUT2D eigenvalue weighted by molar-refractivity contribution is 7.21. The number of rotatable bonds is 3. The molecule has 3 aromatic rings. The zero-order valence-electron chi connectivity index (χ0n) is 15.2. The Hall–Kier alpha value is -3.13. The van der Waals surface area contributed by atoms with Gasteiger partial charge in [0.2, 0.25) is 5.56 Å². The van der Waals surface area contributed by atoms with Crippen molar-refractivity contribution in [3.63, 3.8) is 0 Å². The molecule has 0 bridgehead atoms. The highest BCUT2D eigenvalue weighted by atomic mass is 32.1. The van der Waals surface area contributed by atoms with E-state index in [4.69, 9.17) is 0 Å². The van der Waals surface area contributed by atoms with Crippen LogP contribution in [0, 0.1) is 0 Å². The van der Waals surface area contributed by atoms with Gasteiger partial charge in [0.25, 0.3) is 5.91 Å². The zero-order chi connectivity index (χ0) is 19.1. The Morgan fingerprint density at radius 1 is 1.33 bits per heavy atom. The summed E-state index contributed by atoms with van der Waals surface area (Å²) < 4.78 is 3.23. The summed E-state index contributed by atoms with van der Waals surface area (Å²) in [5, 5.41) is 10.5. The fourth-order valence-electron chi connectivity index (χ4n) is 2.92. The zero-order valence-corrected chi connectivity index (χ0v) is 16.0. The minimum Gasteiger partial charge on any atom is -0.383 e. The van der Waals surface area contributed by atoms with Gasteiger partial charge in [0.05, 0.1) is 22.7 Å². The number of hydrogen-bond donors (Lipinski definition) is 2. The SMILES string of the molecule is CC1=CNC(C)C(NC(=O)c2cnn3cc(-c4ccc(=O)n(C)c4)sc23)=C1. The molecule has 4 rings (SSSR count). The first-order chi connectivity index (χ1) is 12.9. The molecule has 0 saturated heterocycles. The second-order valence-electron chi connectivity index (χ2n) is 6.60. The summed E-state index contributed by atoms with van der Waals surface area (Å²) in [5.74, 6) is -0.187. The molecule has 0 aliphatic carbocycles. The van der Waals surface area contributed by atoms with Gasteiger partial charge in [0.1, 0.15) is 4.83 Å². The van der Waals surface area contributed by atoms with Crippen LogP contribution >= 0.6 is 11.3 Å². The highest BCUT2D eigenvalue weighted by Crippen LogP contribution is 2.30. The monoisotopic (exact) mass is 381 g/mol. The van der Waals surface area contributed by atoms with Gasteiger partial charge in [-0.2, -0.15) is 5.10 Å². The van der Waals surface area contributed by atoms with Gasteiger partial charge in [-0.15, -0.1) is 11.3 Å². The maximum atomic E-state index is 12.8. The van der Waals surface area contributed by atoms with Gasteiger partial charge in [0.15, 0.2) is 0 Å². The molecule has 0 radical (unpaired) electrons. The third-order valence-electron chi connectivity index (χ3n) is 4.48. The normalized spacial score (nSPS) is 16.6. The van der Waals surface area contributed by atoms with E-state index in [0.717, 1.165) is 26.5 Å². The Labute approximate surface area is 159 Å². The van der Waals surface area contributed by atoms with Crippen molar-refractivity contribution in [3.8, 4) is 10.4 Å². The molecular weight excluding hydrogens is 362 g/mol. The predicted molar refractivity (Wildman–Crippen MR) is 106 cm³/mol. The summed E-state index contributed by atoms with van der Waals surface area (Å²) >= 11 is 1.47. The van der Waals surface area contributed by atoms with Crippen molar-refractivity contribution in [1.82, 2.24) is 24.8 Å². The van der Waals surface area contributed by atoms with E-state index in [1.54, 1.807) is 30.0 Å². The van der Waals surface area contributed by atoms with E-state index in [1.807, 2.05) is 32.3 Å². The molecule has 1 unspecified atom stereocenters. The highest BCUT2D eigenvalue weighted by Gasteiger charge is 2.20. The van der Waals surface area contributed by atoms with Gasteiger partial charge in [0, 0.05) is 36.8 Å². The van der Waals surface area contributed by atoms with Crippen molar-refractivity contribution in [2.45, 2.75) is 19.9 Å². The number of hydrogen-bond acceptors (Lipinski definition) is 5. The molecule has 1 atom stereocenters. The van der Waals surface area contributed by atoms with E-state index in [0.29, 0.717) is 5.56 Å². The van der Waals surface area contributed by atoms with Crippen molar-refractivity contribution in [2.75, 3.05) is 0 Å². The lowest BCUT2D eigenvalue weighted by Gasteiger charge is -2.21. The summed E-state index contributed by atoms with van der Waals surface area (Å²) in [4.78, 5) is 26.1. The maximum absolute atomic E-state index is 12.8. The molecule has 1 amide bonds. The summed E-state index contributed by atoms with van der Waals surface area (Å²) in [5.41, 5.74) is 3.25. The molecular formula is C19H19N5O2S. The van der Waals surface area contributed by atoms with Crippen LogP contribution < -0.4 is 16.2 Å². The Balaban J connectivity index is 1.66. The van der Waals surface area contributed by atoms with E-state index in [-0.39, 0.29) is 17.5 Å². The number of dihydropyridines is 1. The minimum absolute atomic E-state index is 0.0354. The number of pyridine rings is 1. The summed E-state index contributed by atoms with van der Waals surface area (Å²) in [6, 6.07) is 3.35. The second kappa shape index (κ2) is 6.55. The Morgan fingerprint density at radius 2 is 2.15 bits per heavy atom. The predicted octanol–water partition coefficient (Wildman–Crippen LogP) is 2.27. The number of nitrogens with zero attached hydrogens (tertiary/aromatic N) is 3. The van der Waals surface area contributed by atoms with E-state index < -0.39 is 0 Å². The summed E-state index contributed by atoms with van der Waals surface area (Å²) in [7, 11) is 1.72. The molecule has 1 aliphatic heterocycles. The van der Waals surface area contributed by atoms with Crippen molar-refractivity contribution < 1.29 is 4.79 Å². The Kier molecular flexibility index (Phi) is 4.19. The smallest absolute Gasteiger partial charge is 0.260 e. The van der Waals surface area contributed by atoms with Crippen LogP contribution in [0.5, 0.6) is 0 Å². The fourth-order valence-corrected chi connectivity index (χ4v) is 3.96. The average molecular weight is 381 g/mol. The maximum Gasteiger partial charge on any atom is 0.260 e. The molecule has 7 nitrogen and oxygen atoms in total. The standard InChI is InChI=1S/C19H19N5O2S/c1-11-6-15(12(2)20-7-11)22-18(26)14-8-21-24-10-16(27-19(14)24)13-4-5-17(25)23(3)9-13/h4-10,12,20H,1-3H3,(H,22,26). The molecule has 0 saturated carbocycles. The lowest BCUT2D eigenvalue weighted by Crippen LogP contribution is -2.36. The lowest BCUT2D eigenvalue weighted by atomic mass is 10.1. The Bertz CT molecular complexity index is 1160. The number of fused-ring (bicyclic) bond motifs is 1. The van der Waals surface area contributed by atoms with E-state index >= 15 is 0 Å². The van der Waals surface area contributed by atoms with E-state index in [2.05, 4.69) is 15.7 Å². The number of carbonyl (C=O) groups is 1. The first-order valence-corrected chi connectivity index (χ1v) is 9.34. The second-order valence-corrected chi connectivity index (χ2v) is 7.63. The molecule has 8 heteroatoms. The molecule has 0 spiro atoms. The van der Waals surface area contributed by atoms with Crippen molar-refractivity contribution in [2.24, 2.45) is 7.05 Å². The van der Waals surface area contributed by atoms with Crippen LogP contribution in [-0.4, -0.2) is 26.1 Å². The lowest BCUT2D eigenvalue weighted by molar-refractivity contribution is 0.0965. The average Bonchev–Trinajstić information content (AvgIpc) is 3.21. The number of aromatic nitrogens is 3.